The Bertz CT molecular complexity index is 1200. The molecule has 2 aliphatic heterocycles. The largest absolute Gasteiger partial charge is 0.480 e. The van der Waals surface area contributed by atoms with Crippen LogP contribution in [-0.4, -0.2) is 94.1 Å². The molecule has 2 N–H and O–H groups in total. The van der Waals surface area contributed by atoms with Crippen molar-refractivity contribution in [3.05, 3.63) is 59.7 Å². The Morgan fingerprint density at radius 3 is 2.05 bits per heavy atom. The molecule has 0 radical (unpaired) electrons. The van der Waals surface area contributed by atoms with Gasteiger partial charge in [0.1, 0.15) is 31.0 Å². The highest BCUT2D eigenvalue weighted by Crippen LogP contribution is 2.60. The van der Waals surface area contributed by atoms with Gasteiger partial charge >= 0.3 is 5.97 Å². The summed E-state index contributed by atoms with van der Waals surface area (Å²) in [5.41, 5.74) is 3.18. The first-order chi connectivity index (χ1) is 19.8. The number of fused-ring (bicyclic) bond motifs is 7. The van der Waals surface area contributed by atoms with E-state index in [0.29, 0.717) is 17.7 Å². The number of ether oxygens (including phenoxy) is 8. The van der Waals surface area contributed by atoms with Crippen LogP contribution >= 0.6 is 0 Å². The molecular weight excluding hydrogens is 536 g/mol. The standard InChI is InChI=1S/C30H38O11/c1-18(2)15-36-16-23-25-26(27(37-14-13-31)28(39-23)38-17-24(32)33)41-30(35-4)22-12-8-6-10-20(22)19-9-5-7-11-21(19)29(30,34-3)40-25/h5-12,18,23,25-28,31H,13-17H2,1-4H3,(H,32,33)/t23-,25-,26+,27+,28-,29+,30+/m1/s1. The SMILES string of the molecule is CO[C@@]12O[C@@H]3[C@H](OCCO)[C@H](OCC(=O)O)O[C@H](COCC(C)C)[C@H]3O[C@@]1(OC)c1ccccc1-c1ccccc12. The minimum atomic E-state index is -1.60. The molecule has 2 fully saturated rings. The maximum atomic E-state index is 11.4. The van der Waals surface area contributed by atoms with Gasteiger partial charge in [-0.2, -0.15) is 0 Å². The van der Waals surface area contributed by atoms with Crippen LogP contribution in [0.3, 0.4) is 0 Å². The van der Waals surface area contributed by atoms with Gasteiger partial charge < -0.3 is 48.1 Å². The molecule has 7 atom stereocenters. The van der Waals surface area contributed by atoms with Crippen LogP contribution < -0.4 is 0 Å². The van der Waals surface area contributed by atoms with Crippen LogP contribution in [0.4, 0.5) is 0 Å². The van der Waals surface area contributed by atoms with Crippen LogP contribution in [-0.2, 0) is 54.3 Å². The van der Waals surface area contributed by atoms with Crippen molar-refractivity contribution >= 4 is 5.97 Å². The molecule has 0 bridgehead atoms. The van der Waals surface area contributed by atoms with Crippen LogP contribution in [0.1, 0.15) is 25.0 Å². The van der Waals surface area contributed by atoms with Crippen LogP contribution in [0, 0.1) is 5.92 Å². The van der Waals surface area contributed by atoms with Crippen molar-refractivity contribution in [2.24, 2.45) is 5.92 Å². The number of aliphatic hydroxyl groups is 1. The summed E-state index contributed by atoms with van der Waals surface area (Å²) < 4.78 is 50.4. The van der Waals surface area contributed by atoms with Crippen molar-refractivity contribution in [3.8, 4) is 11.1 Å². The van der Waals surface area contributed by atoms with Gasteiger partial charge in [0.2, 0.25) is 0 Å². The zero-order chi connectivity index (χ0) is 29.2. The van der Waals surface area contributed by atoms with Crippen LogP contribution in [0.2, 0.25) is 0 Å². The average Bonchev–Trinajstić information content (AvgIpc) is 2.98. The predicted octanol–water partition coefficient (Wildman–Crippen LogP) is 2.63. The van der Waals surface area contributed by atoms with E-state index in [1.807, 2.05) is 62.4 Å². The molecule has 0 spiro atoms. The van der Waals surface area contributed by atoms with Gasteiger partial charge in [0.15, 0.2) is 6.29 Å². The second kappa shape index (κ2) is 12.4. The fourth-order valence-corrected chi connectivity index (χ4v) is 5.98. The number of carboxylic acids is 1. The molecule has 2 saturated heterocycles. The van der Waals surface area contributed by atoms with Gasteiger partial charge in [-0.3, -0.25) is 0 Å². The van der Waals surface area contributed by atoms with Crippen molar-refractivity contribution in [2.75, 3.05) is 47.3 Å². The molecule has 0 unspecified atom stereocenters. The minimum Gasteiger partial charge on any atom is -0.480 e. The molecule has 11 heteroatoms. The molecule has 224 valence electrons. The van der Waals surface area contributed by atoms with E-state index >= 15 is 0 Å². The Morgan fingerprint density at radius 1 is 0.927 bits per heavy atom. The van der Waals surface area contributed by atoms with E-state index in [4.69, 9.17) is 37.9 Å². The quantitative estimate of drug-likeness (QED) is 0.388. The fourth-order valence-electron chi connectivity index (χ4n) is 5.98. The second-order valence-electron chi connectivity index (χ2n) is 10.6. The van der Waals surface area contributed by atoms with Gasteiger partial charge in [0.25, 0.3) is 11.6 Å². The number of aliphatic hydroxyl groups excluding tert-OH is 1. The first-order valence-corrected chi connectivity index (χ1v) is 13.8. The van der Waals surface area contributed by atoms with Gasteiger partial charge in [0, 0.05) is 32.0 Å². The Kier molecular flexibility index (Phi) is 9.10. The van der Waals surface area contributed by atoms with E-state index in [9.17, 15) is 15.0 Å². The van der Waals surface area contributed by atoms with Gasteiger partial charge in [-0.1, -0.05) is 62.4 Å². The van der Waals surface area contributed by atoms with Crippen LogP contribution in [0.25, 0.3) is 11.1 Å². The van der Waals surface area contributed by atoms with E-state index in [-0.39, 0.29) is 25.7 Å². The number of hydrogen-bond acceptors (Lipinski definition) is 10. The highest BCUT2D eigenvalue weighted by molar-refractivity contribution is 5.76. The smallest absolute Gasteiger partial charge is 0.329 e. The maximum absolute atomic E-state index is 11.4. The summed E-state index contributed by atoms with van der Waals surface area (Å²) >= 11 is 0. The van der Waals surface area contributed by atoms with E-state index in [1.54, 1.807) is 0 Å². The summed E-state index contributed by atoms with van der Waals surface area (Å²) in [4.78, 5) is 11.4. The summed E-state index contributed by atoms with van der Waals surface area (Å²) in [6.45, 7) is 3.66. The van der Waals surface area contributed by atoms with Crippen molar-refractivity contribution in [2.45, 2.75) is 56.1 Å². The lowest BCUT2D eigenvalue weighted by atomic mass is 9.75. The van der Waals surface area contributed by atoms with Crippen LogP contribution in [0.5, 0.6) is 0 Å². The number of carboxylic acid groups (broad SMARTS) is 1. The number of hydrogen-bond donors (Lipinski definition) is 2. The molecule has 5 rings (SSSR count). The first kappa shape index (κ1) is 30.0. The molecule has 3 aliphatic rings. The predicted molar refractivity (Wildman–Crippen MR) is 144 cm³/mol. The third kappa shape index (κ3) is 5.20. The summed E-state index contributed by atoms with van der Waals surface area (Å²) in [5.74, 6) is -4.07. The number of benzene rings is 2. The summed E-state index contributed by atoms with van der Waals surface area (Å²) in [6.07, 6.45) is -4.62. The van der Waals surface area contributed by atoms with Gasteiger partial charge in [-0.05, 0) is 17.0 Å². The van der Waals surface area contributed by atoms with E-state index in [1.165, 1.54) is 14.2 Å². The normalized spacial score (nSPS) is 32.1. The third-order valence-corrected chi connectivity index (χ3v) is 7.56. The van der Waals surface area contributed by atoms with Gasteiger partial charge in [-0.15, -0.1) is 0 Å². The Morgan fingerprint density at radius 2 is 1.51 bits per heavy atom. The summed E-state index contributed by atoms with van der Waals surface area (Å²) in [5, 5.41) is 18.9. The molecule has 2 heterocycles. The second-order valence-corrected chi connectivity index (χ2v) is 10.6. The summed E-state index contributed by atoms with van der Waals surface area (Å²) in [6, 6.07) is 15.4. The maximum Gasteiger partial charge on any atom is 0.329 e. The Hall–Kier alpha value is -2.45. The Labute approximate surface area is 239 Å². The Balaban J connectivity index is 1.64. The van der Waals surface area contributed by atoms with Crippen molar-refractivity contribution < 1.29 is 52.9 Å². The lowest BCUT2D eigenvalue weighted by molar-refractivity contribution is -0.506. The number of methoxy groups -OCH3 is 2. The van der Waals surface area contributed by atoms with Crippen molar-refractivity contribution in [1.82, 2.24) is 0 Å². The summed E-state index contributed by atoms with van der Waals surface area (Å²) in [7, 11) is 3.06. The highest BCUT2D eigenvalue weighted by Gasteiger charge is 2.70. The monoisotopic (exact) mass is 574 g/mol. The van der Waals surface area contributed by atoms with E-state index in [0.717, 1.165) is 11.1 Å². The molecule has 0 aromatic heterocycles. The average molecular weight is 575 g/mol. The van der Waals surface area contributed by atoms with Gasteiger partial charge in [-0.25, -0.2) is 4.79 Å². The van der Waals surface area contributed by atoms with E-state index in [2.05, 4.69) is 0 Å². The van der Waals surface area contributed by atoms with Crippen molar-refractivity contribution in [1.29, 1.82) is 0 Å². The highest BCUT2D eigenvalue weighted by atomic mass is 16.8. The first-order valence-electron chi connectivity index (χ1n) is 13.8. The van der Waals surface area contributed by atoms with E-state index < -0.39 is 54.9 Å². The molecule has 41 heavy (non-hydrogen) atoms. The molecule has 0 amide bonds. The van der Waals surface area contributed by atoms with Crippen LogP contribution in [0.15, 0.2) is 48.5 Å². The lowest BCUT2D eigenvalue weighted by Gasteiger charge is -2.60. The fraction of sp³-hybridized carbons (Fsp3) is 0.567. The lowest BCUT2D eigenvalue weighted by Crippen LogP contribution is -2.73. The molecular formula is C30H38O11. The third-order valence-electron chi connectivity index (χ3n) is 7.56. The number of rotatable bonds is 12. The molecule has 0 saturated carbocycles. The van der Waals surface area contributed by atoms with Crippen molar-refractivity contribution in [3.63, 3.8) is 0 Å². The molecule has 11 nitrogen and oxygen atoms in total. The topological polar surface area (TPSA) is 131 Å². The molecule has 1 aliphatic carbocycles. The zero-order valence-corrected chi connectivity index (χ0v) is 23.7. The number of carbonyl (C=O) groups is 1. The minimum absolute atomic E-state index is 0.0725. The van der Waals surface area contributed by atoms with Gasteiger partial charge in [0.05, 0.1) is 19.8 Å². The number of aliphatic carboxylic acids is 1. The zero-order valence-electron chi connectivity index (χ0n) is 23.7. The molecule has 2 aromatic carbocycles. The molecule has 2 aromatic rings.